The summed E-state index contributed by atoms with van der Waals surface area (Å²) in [6, 6.07) is 15.7. The molecule has 0 fully saturated rings. The molecule has 23 heavy (non-hydrogen) atoms. The van der Waals surface area contributed by atoms with Crippen LogP contribution in [0.3, 0.4) is 0 Å². The first-order valence-electron chi connectivity index (χ1n) is 7.60. The van der Waals surface area contributed by atoms with E-state index in [1.165, 1.54) is 0 Å². The number of benzene rings is 2. The lowest BCUT2D eigenvalue weighted by Crippen LogP contribution is -2.24. The van der Waals surface area contributed by atoms with E-state index in [1.54, 1.807) is 0 Å². The van der Waals surface area contributed by atoms with Crippen LogP contribution in [0.1, 0.15) is 16.8 Å². The summed E-state index contributed by atoms with van der Waals surface area (Å²) >= 11 is 5.87. The van der Waals surface area contributed by atoms with Gasteiger partial charge in [0.25, 0.3) is 0 Å². The van der Waals surface area contributed by atoms with E-state index in [0.29, 0.717) is 18.0 Å². The Morgan fingerprint density at radius 3 is 2.57 bits per heavy atom. The van der Waals surface area contributed by atoms with Crippen LogP contribution in [-0.2, 0) is 24.8 Å². The van der Waals surface area contributed by atoms with Crippen molar-refractivity contribution in [1.29, 1.82) is 0 Å². The minimum atomic E-state index is 0.0272. The molecule has 4 heteroatoms. The van der Waals surface area contributed by atoms with Gasteiger partial charge in [0.1, 0.15) is 0 Å². The number of aromatic nitrogens is 1. The number of fused-ring (bicyclic) bond motifs is 1. The molecular weight excluding hydrogens is 308 g/mol. The van der Waals surface area contributed by atoms with Gasteiger partial charge >= 0.3 is 0 Å². The quantitative estimate of drug-likeness (QED) is 0.772. The minimum absolute atomic E-state index is 0.0272. The third-order valence-electron chi connectivity index (χ3n) is 4.27. The smallest absolute Gasteiger partial charge is 0.224 e. The van der Waals surface area contributed by atoms with Crippen molar-refractivity contribution < 1.29 is 4.79 Å². The Balaban J connectivity index is 1.73. The number of aryl methyl sites for hydroxylation is 1. The van der Waals surface area contributed by atoms with Crippen molar-refractivity contribution in [2.45, 2.75) is 19.9 Å². The highest BCUT2D eigenvalue weighted by Crippen LogP contribution is 2.25. The van der Waals surface area contributed by atoms with Gasteiger partial charge in [0.05, 0.1) is 6.42 Å². The number of carbonyl (C=O) groups is 1. The number of nitrogens with zero attached hydrogens (tertiary/aromatic N) is 1. The van der Waals surface area contributed by atoms with Gasteiger partial charge in [-0.3, -0.25) is 4.79 Å². The van der Waals surface area contributed by atoms with Gasteiger partial charge in [-0.1, -0.05) is 41.9 Å². The molecular formula is C19H19ClN2O. The molecule has 1 aromatic heterocycles. The molecule has 0 bridgehead atoms. The van der Waals surface area contributed by atoms with Crippen molar-refractivity contribution in [2.75, 3.05) is 0 Å². The summed E-state index contributed by atoms with van der Waals surface area (Å²) in [5, 5.41) is 4.82. The normalized spacial score (nSPS) is 10.9. The van der Waals surface area contributed by atoms with Gasteiger partial charge in [0, 0.05) is 35.2 Å². The van der Waals surface area contributed by atoms with Crippen LogP contribution >= 0.6 is 11.6 Å². The highest BCUT2D eigenvalue weighted by Gasteiger charge is 2.14. The number of para-hydroxylation sites is 1. The molecule has 1 N–H and O–H groups in total. The van der Waals surface area contributed by atoms with Gasteiger partial charge < -0.3 is 9.88 Å². The monoisotopic (exact) mass is 326 g/mol. The van der Waals surface area contributed by atoms with E-state index >= 15 is 0 Å². The Labute approximate surface area is 140 Å². The maximum Gasteiger partial charge on any atom is 0.224 e. The SMILES string of the molecule is Cc1c(CC(=O)NCc2ccc(Cl)cc2)c2ccccc2n1C. The van der Waals surface area contributed by atoms with Gasteiger partial charge in [0.15, 0.2) is 0 Å². The molecule has 1 amide bonds. The minimum Gasteiger partial charge on any atom is -0.352 e. The molecule has 0 aliphatic rings. The van der Waals surface area contributed by atoms with E-state index in [1.807, 2.05) is 43.4 Å². The molecule has 0 saturated carbocycles. The summed E-state index contributed by atoms with van der Waals surface area (Å²) in [5.74, 6) is 0.0272. The fourth-order valence-corrected chi connectivity index (χ4v) is 2.97. The fourth-order valence-electron chi connectivity index (χ4n) is 2.85. The largest absolute Gasteiger partial charge is 0.352 e. The molecule has 0 spiro atoms. The zero-order valence-electron chi connectivity index (χ0n) is 13.3. The Hall–Kier alpha value is -2.26. The predicted octanol–water partition coefficient (Wildman–Crippen LogP) is 4.00. The van der Waals surface area contributed by atoms with Crippen molar-refractivity contribution in [2.24, 2.45) is 7.05 Å². The second-order valence-corrected chi connectivity index (χ2v) is 6.16. The molecule has 0 radical (unpaired) electrons. The molecule has 0 aliphatic heterocycles. The number of halogens is 1. The second-order valence-electron chi connectivity index (χ2n) is 5.72. The van der Waals surface area contributed by atoms with Crippen LogP contribution in [0.2, 0.25) is 5.02 Å². The van der Waals surface area contributed by atoms with E-state index in [4.69, 9.17) is 11.6 Å². The van der Waals surface area contributed by atoms with Crippen LogP contribution in [0.25, 0.3) is 10.9 Å². The zero-order valence-corrected chi connectivity index (χ0v) is 14.0. The van der Waals surface area contributed by atoms with E-state index in [9.17, 15) is 4.79 Å². The summed E-state index contributed by atoms with van der Waals surface area (Å²) in [7, 11) is 2.03. The lowest BCUT2D eigenvalue weighted by molar-refractivity contribution is -0.120. The Morgan fingerprint density at radius 1 is 1.13 bits per heavy atom. The van der Waals surface area contributed by atoms with Crippen LogP contribution < -0.4 is 5.32 Å². The Kier molecular flexibility index (Phi) is 4.39. The number of amides is 1. The number of hydrogen-bond acceptors (Lipinski definition) is 1. The van der Waals surface area contributed by atoms with Crippen molar-refractivity contribution in [1.82, 2.24) is 9.88 Å². The van der Waals surface area contributed by atoms with Crippen LogP contribution in [0, 0.1) is 6.92 Å². The molecule has 3 aromatic rings. The van der Waals surface area contributed by atoms with Crippen molar-refractivity contribution in [3.63, 3.8) is 0 Å². The Morgan fingerprint density at radius 2 is 1.83 bits per heavy atom. The second kappa shape index (κ2) is 6.47. The van der Waals surface area contributed by atoms with Gasteiger partial charge in [0.2, 0.25) is 5.91 Å². The van der Waals surface area contributed by atoms with Gasteiger partial charge in [-0.05, 0) is 36.2 Å². The predicted molar refractivity (Wildman–Crippen MR) is 94.7 cm³/mol. The summed E-state index contributed by atoms with van der Waals surface area (Å²) in [6.07, 6.45) is 0.390. The topological polar surface area (TPSA) is 34.0 Å². The lowest BCUT2D eigenvalue weighted by atomic mass is 10.1. The van der Waals surface area contributed by atoms with Crippen molar-refractivity contribution >= 4 is 28.4 Å². The van der Waals surface area contributed by atoms with E-state index in [0.717, 1.165) is 27.7 Å². The van der Waals surface area contributed by atoms with Crippen LogP contribution in [0.4, 0.5) is 0 Å². The summed E-state index contributed by atoms with van der Waals surface area (Å²) < 4.78 is 2.14. The van der Waals surface area contributed by atoms with Gasteiger partial charge in [-0.25, -0.2) is 0 Å². The zero-order chi connectivity index (χ0) is 16.4. The number of hydrogen-bond donors (Lipinski definition) is 1. The standard InChI is InChI=1S/C19H19ClN2O/c1-13-17(16-5-3-4-6-18(16)22(13)2)11-19(23)21-12-14-7-9-15(20)10-8-14/h3-10H,11-12H2,1-2H3,(H,21,23). The highest BCUT2D eigenvalue weighted by atomic mass is 35.5. The maximum atomic E-state index is 12.3. The van der Waals surface area contributed by atoms with Crippen LogP contribution in [0.15, 0.2) is 48.5 Å². The lowest BCUT2D eigenvalue weighted by Gasteiger charge is -2.06. The third-order valence-corrected chi connectivity index (χ3v) is 4.52. The van der Waals surface area contributed by atoms with Gasteiger partial charge in [-0.2, -0.15) is 0 Å². The van der Waals surface area contributed by atoms with Crippen LogP contribution in [-0.4, -0.2) is 10.5 Å². The van der Waals surface area contributed by atoms with Gasteiger partial charge in [-0.15, -0.1) is 0 Å². The molecule has 2 aromatic carbocycles. The molecule has 118 valence electrons. The molecule has 3 nitrogen and oxygen atoms in total. The summed E-state index contributed by atoms with van der Waals surface area (Å²) in [6.45, 7) is 2.57. The number of rotatable bonds is 4. The first kappa shape index (κ1) is 15.6. The third kappa shape index (κ3) is 3.25. The van der Waals surface area contributed by atoms with E-state index in [2.05, 4.69) is 28.9 Å². The summed E-state index contributed by atoms with van der Waals surface area (Å²) in [5.41, 5.74) is 4.42. The molecule has 3 rings (SSSR count). The van der Waals surface area contributed by atoms with Crippen LogP contribution in [0.5, 0.6) is 0 Å². The first-order chi connectivity index (χ1) is 11.1. The molecule has 0 atom stereocenters. The van der Waals surface area contributed by atoms with E-state index in [-0.39, 0.29) is 5.91 Å². The molecule has 0 unspecified atom stereocenters. The average molecular weight is 327 g/mol. The Bertz CT molecular complexity index is 850. The van der Waals surface area contributed by atoms with Crippen molar-refractivity contribution in [3.05, 3.63) is 70.4 Å². The average Bonchev–Trinajstić information content (AvgIpc) is 2.80. The summed E-state index contributed by atoms with van der Waals surface area (Å²) in [4.78, 5) is 12.3. The fraction of sp³-hybridized carbons (Fsp3) is 0.211. The highest BCUT2D eigenvalue weighted by molar-refractivity contribution is 6.30. The van der Waals surface area contributed by atoms with Crippen molar-refractivity contribution in [3.8, 4) is 0 Å². The molecule has 0 saturated heterocycles. The molecule has 1 heterocycles. The number of carbonyl (C=O) groups excluding carboxylic acids is 1. The maximum absolute atomic E-state index is 12.3. The molecule has 0 aliphatic carbocycles. The first-order valence-corrected chi connectivity index (χ1v) is 7.98. The number of nitrogens with one attached hydrogen (secondary N) is 1. The van der Waals surface area contributed by atoms with E-state index < -0.39 is 0 Å².